The van der Waals surface area contributed by atoms with Crippen molar-refractivity contribution in [3.8, 4) is 11.5 Å². The first-order valence-corrected chi connectivity index (χ1v) is 4.58. The Kier molecular flexibility index (Phi) is 1.76. The summed E-state index contributed by atoms with van der Waals surface area (Å²) in [4.78, 5) is 12.1. The molecule has 0 radical (unpaired) electrons. The van der Waals surface area contributed by atoms with Gasteiger partial charge in [0, 0.05) is 24.8 Å². The standard InChI is InChI=1S/C9H7N7/c10-8-7(12-1-2-13-8)9-15-14-6-5-11-3-4-16(6)9/h1-5H,(H2,10,13). The van der Waals surface area contributed by atoms with Crippen LogP contribution in [0, 0.1) is 0 Å². The summed E-state index contributed by atoms with van der Waals surface area (Å²) in [6.07, 6.45) is 8.10. The highest BCUT2D eigenvalue weighted by molar-refractivity contribution is 5.65. The normalized spacial score (nSPS) is 10.8. The molecular weight excluding hydrogens is 206 g/mol. The zero-order chi connectivity index (χ0) is 11.0. The van der Waals surface area contributed by atoms with Crippen molar-refractivity contribution in [2.75, 3.05) is 5.73 Å². The minimum Gasteiger partial charge on any atom is -0.382 e. The number of aromatic nitrogens is 6. The molecule has 0 spiro atoms. The summed E-state index contributed by atoms with van der Waals surface area (Å²) in [5, 5.41) is 7.98. The third-order valence-corrected chi connectivity index (χ3v) is 2.15. The van der Waals surface area contributed by atoms with E-state index in [1.165, 1.54) is 6.20 Å². The van der Waals surface area contributed by atoms with Gasteiger partial charge >= 0.3 is 0 Å². The van der Waals surface area contributed by atoms with Gasteiger partial charge in [0.15, 0.2) is 23.0 Å². The first-order chi connectivity index (χ1) is 7.86. The first kappa shape index (κ1) is 8.72. The van der Waals surface area contributed by atoms with E-state index in [1.54, 1.807) is 29.2 Å². The number of hydrogen-bond donors (Lipinski definition) is 1. The summed E-state index contributed by atoms with van der Waals surface area (Å²) < 4.78 is 1.76. The van der Waals surface area contributed by atoms with Crippen LogP contribution < -0.4 is 5.73 Å². The van der Waals surface area contributed by atoms with Crippen LogP contribution in [0.2, 0.25) is 0 Å². The summed E-state index contributed by atoms with van der Waals surface area (Å²) in [7, 11) is 0. The van der Waals surface area contributed by atoms with Crippen molar-refractivity contribution >= 4 is 11.5 Å². The topological polar surface area (TPSA) is 94.9 Å². The van der Waals surface area contributed by atoms with Gasteiger partial charge < -0.3 is 5.73 Å². The van der Waals surface area contributed by atoms with Crippen LogP contribution in [-0.2, 0) is 0 Å². The molecule has 0 aromatic carbocycles. The highest BCUT2D eigenvalue weighted by Gasteiger charge is 2.12. The lowest BCUT2D eigenvalue weighted by Gasteiger charge is -2.00. The SMILES string of the molecule is Nc1nccnc1-c1nnc2cnccn12. The summed E-state index contributed by atoms with van der Waals surface area (Å²) in [6, 6.07) is 0. The quantitative estimate of drug-likeness (QED) is 0.618. The minimum absolute atomic E-state index is 0.327. The lowest BCUT2D eigenvalue weighted by molar-refractivity contribution is 1.07. The Hall–Kier alpha value is -2.57. The van der Waals surface area contributed by atoms with Crippen LogP contribution in [0.4, 0.5) is 5.82 Å². The van der Waals surface area contributed by atoms with Crippen molar-refractivity contribution in [3.63, 3.8) is 0 Å². The smallest absolute Gasteiger partial charge is 0.190 e. The largest absolute Gasteiger partial charge is 0.382 e. The van der Waals surface area contributed by atoms with Gasteiger partial charge in [0.1, 0.15) is 0 Å². The maximum Gasteiger partial charge on any atom is 0.190 e. The van der Waals surface area contributed by atoms with Gasteiger partial charge in [-0.05, 0) is 0 Å². The number of hydrogen-bond acceptors (Lipinski definition) is 6. The van der Waals surface area contributed by atoms with Crippen LogP contribution in [-0.4, -0.2) is 29.5 Å². The lowest BCUT2D eigenvalue weighted by atomic mass is 10.4. The molecule has 0 saturated carbocycles. The van der Waals surface area contributed by atoms with Gasteiger partial charge in [0.25, 0.3) is 0 Å². The number of anilines is 1. The summed E-state index contributed by atoms with van der Waals surface area (Å²) >= 11 is 0. The van der Waals surface area contributed by atoms with Crippen molar-refractivity contribution in [2.45, 2.75) is 0 Å². The number of nitrogens with zero attached hydrogens (tertiary/aromatic N) is 6. The maximum absolute atomic E-state index is 5.73. The van der Waals surface area contributed by atoms with E-state index in [9.17, 15) is 0 Å². The highest BCUT2D eigenvalue weighted by atomic mass is 15.3. The van der Waals surface area contributed by atoms with Gasteiger partial charge in [-0.2, -0.15) is 0 Å². The van der Waals surface area contributed by atoms with E-state index >= 15 is 0 Å². The van der Waals surface area contributed by atoms with E-state index in [-0.39, 0.29) is 0 Å². The second-order valence-electron chi connectivity index (χ2n) is 3.12. The molecule has 0 fully saturated rings. The number of nitrogens with two attached hydrogens (primary N) is 1. The Labute approximate surface area is 90.0 Å². The summed E-state index contributed by atoms with van der Waals surface area (Å²) in [5.74, 6) is 0.886. The third kappa shape index (κ3) is 1.18. The van der Waals surface area contributed by atoms with Gasteiger partial charge in [0.05, 0.1) is 6.20 Å². The van der Waals surface area contributed by atoms with Crippen LogP contribution in [0.25, 0.3) is 17.2 Å². The zero-order valence-electron chi connectivity index (χ0n) is 8.15. The molecule has 7 nitrogen and oxygen atoms in total. The zero-order valence-corrected chi connectivity index (χ0v) is 8.15. The molecule has 2 N–H and O–H groups in total. The van der Waals surface area contributed by atoms with Crippen molar-refractivity contribution in [1.82, 2.24) is 29.5 Å². The van der Waals surface area contributed by atoms with Gasteiger partial charge in [-0.25, -0.2) is 9.97 Å². The average Bonchev–Trinajstić information content (AvgIpc) is 2.74. The van der Waals surface area contributed by atoms with E-state index < -0.39 is 0 Å². The molecule has 0 amide bonds. The number of nitrogen functional groups attached to an aromatic ring is 1. The Bertz CT molecular complexity index is 645. The van der Waals surface area contributed by atoms with Crippen molar-refractivity contribution in [2.24, 2.45) is 0 Å². The monoisotopic (exact) mass is 213 g/mol. The molecule has 3 heterocycles. The molecule has 3 rings (SSSR count). The van der Waals surface area contributed by atoms with E-state index in [0.29, 0.717) is 23.0 Å². The lowest BCUT2D eigenvalue weighted by Crippen LogP contribution is -1.99. The average molecular weight is 213 g/mol. The van der Waals surface area contributed by atoms with Gasteiger partial charge in [-0.15, -0.1) is 10.2 Å². The van der Waals surface area contributed by atoms with Crippen LogP contribution in [0.1, 0.15) is 0 Å². The molecule has 0 aliphatic heterocycles. The van der Waals surface area contributed by atoms with Gasteiger partial charge in [-0.3, -0.25) is 9.38 Å². The first-order valence-electron chi connectivity index (χ1n) is 4.58. The van der Waals surface area contributed by atoms with E-state index in [0.717, 1.165) is 0 Å². The third-order valence-electron chi connectivity index (χ3n) is 2.15. The molecule has 0 aliphatic carbocycles. The predicted octanol–water partition coefficient (Wildman–Crippen LogP) is 0.163. The molecule has 7 heteroatoms. The fourth-order valence-corrected chi connectivity index (χ4v) is 1.44. The molecule has 16 heavy (non-hydrogen) atoms. The Balaban J connectivity index is 2.31. The van der Waals surface area contributed by atoms with E-state index in [1.807, 2.05) is 0 Å². The fourth-order valence-electron chi connectivity index (χ4n) is 1.44. The van der Waals surface area contributed by atoms with Gasteiger partial charge in [-0.1, -0.05) is 0 Å². The Morgan fingerprint density at radius 1 is 1.06 bits per heavy atom. The molecule has 0 aliphatic rings. The number of rotatable bonds is 1. The Morgan fingerprint density at radius 2 is 1.94 bits per heavy atom. The van der Waals surface area contributed by atoms with Gasteiger partial charge in [0.2, 0.25) is 0 Å². The maximum atomic E-state index is 5.73. The second kappa shape index (κ2) is 3.23. The molecule has 78 valence electrons. The Morgan fingerprint density at radius 3 is 2.81 bits per heavy atom. The van der Waals surface area contributed by atoms with Crippen LogP contribution in [0.5, 0.6) is 0 Å². The van der Waals surface area contributed by atoms with E-state index in [2.05, 4.69) is 25.1 Å². The van der Waals surface area contributed by atoms with Crippen molar-refractivity contribution in [1.29, 1.82) is 0 Å². The second-order valence-corrected chi connectivity index (χ2v) is 3.12. The van der Waals surface area contributed by atoms with Crippen molar-refractivity contribution in [3.05, 3.63) is 31.0 Å². The van der Waals surface area contributed by atoms with Crippen molar-refractivity contribution < 1.29 is 0 Å². The predicted molar refractivity (Wildman–Crippen MR) is 56.2 cm³/mol. The summed E-state index contributed by atoms with van der Waals surface area (Å²) in [6.45, 7) is 0. The highest BCUT2D eigenvalue weighted by Crippen LogP contribution is 2.18. The molecule has 0 saturated heterocycles. The minimum atomic E-state index is 0.327. The molecule has 3 aromatic heterocycles. The molecular formula is C9H7N7. The molecule has 0 bridgehead atoms. The number of fused-ring (bicyclic) bond motifs is 1. The fraction of sp³-hybridized carbons (Fsp3) is 0. The van der Waals surface area contributed by atoms with Crippen LogP contribution >= 0.6 is 0 Å². The molecule has 0 unspecified atom stereocenters. The van der Waals surface area contributed by atoms with Crippen LogP contribution in [0.3, 0.4) is 0 Å². The van der Waals surface area contributed by atoms with E-state index in [4.69, 9.17) is 5.73 Å². The summed E-state index contributed by atoms with van der Waals surface area (Å²) in [5.41, 5.74) is 6.89. The van der Waals surface area contributed by atoms with Crippen LogP contribution in [0.15, 0.2) is 31.0 Å². The molecule has 0 atom stereocenters. The molecule has 3 aromatic rings.